The van der Waals surface area contributed by atoms with E-state index in [1.54, 1.807) is 36.1 Å². The number of nitrogens with zero attached hydrogens (tertiary/aromatic N) is 3. The molecule has 1 aromatic heterocycles. The molecule has 9 heteroatoms. The summed E-state index contributed by atoms with van der Waals surface area (Å²) >= 11 is 1.37. The van der Waals surface area contributed by atoms with Crippen LogP contribution < -0.4 is 5.32 Å². The fourth-order valence-corrected chi connectivity index (χ4v) is 3.27. The number of halogens is 1. The maximum Gasteiger partial charge on any atom is 0.282 e. The standard InChI is InChI=1S/C19H17FN4O3S/c1-23-9-8-21-18(23)17(12-4-3-5-13(20)10-12)22-19(25)15-11-14(28-2)6-7-16(15)24(26)27/h3-11,17H,1-2H3,(H,22,25). The van der Waals surface area contributed by atoms with Crippen LogP contribution >= 0.6 is 11.8 Å². The van der Waals surface area contributed by atoms with Crippen molar-refractivity contribution in [3.05, 3.63) is 87.7 Å². The number of amides is 1. The van der Waals surface area contributed by atoms with Gasteiger partial charge in [0.1, 0.15) is 23.2 Å². The van der Waals surface area contributed by atoms with Gasteiger partial charge in [-0.05, 0) is 36.1 Å². The molecule has 0 fully saturated rings. The topological polar surface area (TPSA) is 90.1 Å². The van der Waals surface area contributed by atoms with E-state index in [9.17, 15) is 19.3 Å². The average Bonchev–Trinajstić information content (AvgIpc) is 3.10. The highest BCUT2D eigenvalue weighted by atomic mass is 32.2. The quantitative estimate of drug-likeness (QED) is 0.387. The van der Waals surface area contributed by atoms with Gasteiger partial charge in [-0.15, -0.1) is 11.8 Å². The van der Waals surface area contributed by atoms with Crippen LogP contribution in [0.5, 0.6) is 0 Å². The first-order valence-corrected chi connectivity index (χ1v) is 9.49. The van der Waals surface area contributed by atoms with Crippen molar-refractivity contribution in [1.82, 2.24) is 14.9 Å². The lowest BCUT2D eigenvalue weighted by Crippen LogP contribution is -2.31. The average molecular weight is 400 g/mol. The minimum absolute atomic E-state index is 0.0625. The monoisotopic (exact) mass is 400 g/mol. The molecular formula is C19H17FN4O3S. The number of imidazole rings is 1. The number of rotatable bonds is 6. The molecule has 144 valence electrons. The van der Waals surface area contributed by atoms with Crippen LogP contribution in [-0.4, -0.2) is 26.6 Å². The third-order valence-electron chi connectivity index (χ3n) is 4.22. The fraction of sp³-hybridized carbons (Fsp3) is 0.158. The molecule has 7 nitrogen and oxygen atoms in total. The Morgan fingerprint density at radius 1 is 1.32 bits per heavy atom. The summed E-state index contributed by atoms with van der Waals surface area (Å²) in [4.78, 5) is 28.7. The van der Waals surface area contributed by atoms with Crippen LogP contribution in [0, 0.1) is 15.9 Å². The molecule has 0 aliphatic heterocycles. The molecule has 2 aromatic carbocycles. The van der Waals surface area contributed by atoms with Gasteiger partial charge in [-0.3, -0.25) is 14.9 Å². The third-order valence-corrected chi connectivity index (χ3v) is 4.94. The number of aromatic nitrogens is 2. The Balaban J connectivity index is 2.03. The zero-order chi connectivity index (χ0) is 20.3. The van der Waals surface area contributed by atoms with Crippen molar-refractivity contribution in [3.63, 3.8) is 0 Å². The van der Waals surface area contributed by atoms with Crippen LogP contribution in [0.25, 0.3) is 0 Å². The van der Waals surface area contributed by atoms with Crippen LogP contribution in [0.3, 0.4) is 0 Å². The van der Waals surface area contributed by atoms with Gasteiger partial charge in [0.25, 0.3) is 11.6 Å². The highest BCUT2D eigenvalue weighted by Crippen LogP contribution is 2.27. The molecule has 0 saturated heterocycles. The summed E-state index contributed by atoms with van der Waals surface area (Å²) < 4.78 is 15.5. The number of hydrogen-bond acceptors (Lipinski definition) is 5. The van der Waals surface area contributed by atoms with E-state index >= 15 is 0 Å². The summed E-state index contributed by atoms with van der Waals surface area (Å²) in [6, 6.07) is 9.37. The van der Waals surface area contributed by atoms with E-state index in [-0.39, 0.29) is 11.3 Å². The van der Waals surface area contributed by atoms with Gasteiger partial charge in [0.2, 0.25) is 0 Å². The molecule has 1 amide bonds. The Morgan fingerprint density at radius 2 is 2.11 bits per heavy atom. The van der Waals surface area contributed by atoms with Gasteiger partial charge in [-0.1, -0.05) is 12.1 Å². The molecule has 0 bridgehead atoms. The summed E-state index contributed by atoms with van der Waals surface area (Å²) in [5.41, 5.74) is 0.118. The number of nitrogens with one attached hydrogen (secondary N) is 1. The van der Waals surface area contributed by atoms with Crippen LogP contribution in [-0.2, 0) is 7.05 Å². The number of benzene rings is 2. The number of aryl methyl sites for hydroxylation is 1. The molecule has 1 N–H and O–H groups in total. The molecule has 28 heavy (non-hydrogen) atoms. The Kier molecular flexibility index (Phi) is 5.74. The largest absolute Gasteiger partial charge is 0.338 e. The number of thioether (sulfide) groups is 1. The molecule has 0 aliphatic rings. The second-order valence-corrected chi connectivity index (χ2v) is 6.88. The highest BCUT2D eigenvalue weighted by molar-refractivity contribution is 7.98. The Morgan fingerprint density at radius 3 is 2.71 bits per heavy atom. The van der Waals surface area contributed by atoms with Gasteiger partial charge in [-0.25, -0.2) is 9.37 Å². The Bertz CT molecular complexity index is 1040. The number of nitro benzene ring substituents is 1. The molecular weight excluding hydrogens is 383 g/mol. The predicted molar refractivity (Wildman–Crippen MR) is 104 cm³/mol. The Hall–Kier alpha value is -3.20. The molecule has 0 radical (unpaired) electrons. The number of carbonyl (C=O) groups is 1. The number of hydrogen-bond donors (Lipinski definition) is 1. The van der Waals surface area contributed by atoms with E-state index in [4.69, 9.17) is 0 Å². The highest BCUT2D eigenvalue weighted by Gasteiger charge is 2.26. The molecule has 0 saturated carbocycles. The first-order valence-electron chi connectivity index (χ1n) is 8.26. The molecule has 3 aromatic rings. The molecule has 3 rings (SSSR count). The second kappa shape index (κ2) is 8.22. The van der Waals surface area contributed by atoms with Crippen molar-refractivity contribution in [2.45, 2.75) is 10.9 Å². The number of nitro groups is 1. The van der Waals surface area contributed by atoms with E-state index in [1.807, 2.05) is 6.26 Å². The smallest absolute Gasteiger partial charge is 0.282 e. The van der Waals surface area contributed by atoms with Crippen molar-refractivity contribution in [2.24, 2.45) is 7.05 Å². The van der Waals surface area contributed by atoms with Crippen LogP contribution in [0.15, 0.2) is 59.8 Å². The molecule has 1 atom stereocenters. The molecule has 0 aliphatic carbocycles. The molecule has 1 heterocycles. The zero-order valence-electron chi connectivity index (χ0n) is 15.1. The maximum atomic E-state index is 13.8. The number of carbonyl (C=O) groups excluding carboxylic acids is 1. The summed E-state index contributed by atoms with van der Waals surface area (Å²) in [7, 11) is 1.75. The minimum Gasteiger partial charge on any atom is -0.338 e. The second-order valence-electron chi connectivity index (χ2n) is 6.00. The fourth-order valence-electron chi connectivity index (χ4n) is 2.83. The van der Waals surface area contributed by atoms with E-state index in [1.165, 1.54) is 42.1 Å². The van der Waals surface area contributed by atoms with Gasteiger partial charge >= 0.3 is 0 Å². The maximum absolute atomic E-state index is 13.8. The first kappa shape index (κ1) is 19.6. The predicted octanol–water partition coefficient (Wildman–Crippen LogP) is 3.71. The lowest BCUT2D eigenvalue weighted by atomic mass is 10.0. The van der Waals surface area contributed by atoms with Crippen LogP contribution in [0.2, 0.25) is 0 Å². The van der Waals surface area contributed by atoms with Crippen molar-refractivity contribution in [2.75, 3.05) is 6.26 Å². The zero-order valence-corrected chi connectivity index (χ0v) is 15.9. The lowest BCUT2D eigenvalue weighted by molar-refractivity contribution is -0.385. The third kappa shape index (κ3) is 4.04. The van der Waals surface area contributed by atoms with Crippen molar-refractivity contribution in [1.29, 1.82) is 0 Å². The SMILES string of the molecule is CSc1ccc([N+](=O)[O-])c(C(=O)NC(c2cccc(F)c2)c2nccn2C)c1. The van der Waals surface area contributed by atoms with Gasteiger partial charge in [0.15, 0.2) is 0 Å². The van der Waals surface area contributed by atoms with E-state index in [0.717, 1.165) is 4.90 Å². The lowest BCUT2D eigenvalue weighted by Gasteiger charge is -2.19. The van der Waals surface area contributed by atoms with Gasteiger partial charge < -0.3 is 9.88 Å². The van der Waals surface area contributed by atoms with Crippen LogP contribution in [0.1, 0.15) is 27.8 Å². The normalized spacial score (nSPS) is 11.8. The summed E-state index contributed by atoms with van der Waals surface area (Å²) in [5.74, 6) is -0.621. The van der Waals surface area contributed by atoms with Gasteiger partial charge in [0.05, 0.1) is 4.92 Å². The minimum atomic E-state index is -0.777. The molecule has 1 unspecified atom stereocenters. The van der Waals surface area contributed by atoms with Crippen molar-refractivity contribution in [3.8, 4) is 0 Å². The summed E-state index contributed by atoms with van der Waals surface area (Å²) in [6.45, 7) is 0. The van der Waals surface area contributed by atoms with Gasteiger partial charge in [0, 0.05) is 30.4 Å². The molecule has 0 spiro atoms. The Labute approximate surface area is 164 Å². The van der Waals surface area contributed by atoms with E-state index in [0.29, 0.717) is 11.4 Å². The van der Waals surface area contributed by atoms with Gasteiger partial charge in [-0.2, -0.15) is 0 Å². The summed E-state index contributed by atoms with van der Waals surface area (Å²) in [6.07, 6.45) is 5.07. The van der Waals surface area contributed by atoms with Crippen molar-refractivity contribution >= 4 is 23.4 Å². The first-order chi connectivity index (χ1) is 13.4. The van der Waals surface area contributed by atoms with E-state index in [2.05, 4.69) is 10.3 Å². The summed E-state index contributed by atoms with van der Waals surface area (Å²) in [5, 5.41) is 14.1. The van der Waals surface area contributed by atoms with E-state index < -0.39 is 22.7 Å². The van der Waals surface area contributed by atoms with Crippen molar-refractivity contribution < 1.29 is 14.1 Å². The van der Waals surface area contributed by atoms with Crippen LogP contribution in [0.4, 0.5) is 10.1 Å².